The number of halogens is 5. The second kappa shape index (κ2) is 6.60. The summed E-state index contributed by atoms with van der Waals surface area (Å²) in [5.41, 5.74) is 4.54. The maximum absolute atomic E-state index is 13.3. The average molecular weight is 427 g/mol. The van der Waals surface area contributed by atoms with Crippen LogP contribution in [0.3, 0.4) is 0 Å². The van der Waals surface area contributed by atoms with Gasteiger partial charge in [-0.2, -0.15) is 13.2 Å². The molecule has 0 aromatic heterocycles. The summed E-state index contributed by atoms with van der Waals surface area (Å²) >= 11 is 3.33. The molecule has 3 rings (SSSR count). The molecule has 0 aliphatic carbocycles. The number of amides is 1. The molecule has 8 heteroatoms. The lowest BCUT2D eigenvalue weighted by atomic mass is 10.0. The van der Waals surface area contributed by atoms with Crippen molar-refractivity contribution < 1.29 is 22.4 Å². The fraction of sp³-hybridized carbons (Fsp3) is 0.0556. The number of hydrogen-bond donors (Lipinski definition) is 2. The number of nitrogens with one attached hydrogen (secondary N) is 1. The maximum atomic E-state index is 13.3. The summed E-state index contributed by atoms with van der Waals surface area (Å²) in [5.74, 6) is -2.10. The van der Waals surface area contributed by atoms with Gasteiger partial charge in [0.15, 0.2) is 0 Å². The summed E-state index contributed by atoms with van der Waals surface area (Å²) in [6, 6.07) is 10.8. The first-order valence-electron chi connectivity index (χ1n) is 7.32. The fourth-order valence-electron chi connectivity index (χ4n) is 2.50. The summed E-state index contributed by atoms with van der Waals surface area (Å²) in [6.07, 6.45) is -4.86. The van der Waals surface area contributed by atoms with Gasteiger partial charge < -0.3 is 11.1 Å². The molecule has 0 radical (unpaired) electrons. The van der Waals surface area contributed by atoms with Gasteiger partial charge in [0.05, 0.1) is 11.1 Å². The van der Waals surface area contributed by atoms with Crippen molar-refractivity contribution >= 4 is 44.0 Å². The highest BCUT2D eigenvalue weighted by Gasteiger charge is 2.34. The van der Waals surface area contributed by atoms with Crippen LogP contribution in [-0.2, 0) is 6.18 Å². The smallest absolute Gasteiger partial charge is 0.398 e. The molecule has 0 aliphatic rings. The zero-order valence-electron chi connectivity index (χ0n) is 13.0. The number of carbonyl (C=O) groups is 1. The van der Waals surface area contributed by atoms with Crippen molar-refractivity contribution in [3.63, 3.8) is 0 Å². The summed E-state index contributed by atoms with van der Waals surface area (Å²) in [5, 5.41) is 3.86. The largest absolute Gasteiger partial charge is 0.419 e. The molecule has 0 saturated heterocycles. The van der Waals surface area contributed by atoms with Gasteiger partial charge in [-0.15, -0.1) is 0 Å². The lowest BCUT2D eigenvalue weighted by Crippen LogP contribution is -2.15. The van der Waals surface area contributed by atoms with Gasteiger partial charge in [0.2, 0.25) is 0 Å². The van der Waals surface area contributed by atoms with E-state index in [9.17, 15) is 22.4 Å². The van der Waals surface area contributed by atoms with Gasteiger partial charge in [-0.3, -0.25) is 4.79 Å². The number of benzene rings is 3. The van der Waals surface area contributed by atoms with Crippen LogP contribution in [0.5, 0.6) is 0 Å². The highest BCUT2D eigenvalue weighted by Crippen LogP contribution is 2.33. The molecule has 0 heterocycles. The number of nitrogen functional groups attached to an aromatic ring is 1. The summed E-state index contributed by atoms with van der Waals surface area (Å²) in [7, 11) is 0. The van der Waals surface area contributed by atoms with Crippen molar-refractivity contribution in [3.05, 3.63) is 69.9 Å². The topological polar surface area (TPSA) is 55.1 Å². The number of alkyl halides is 3. The third-order valence-corrected chi connectivity index (χ3v) is 4.24. The molecule has 0 atom stereocenters. The molecule has 3 aromatic carbocycles. The Labute approximate surface area is 153 Å². The van der Waals surface area contributed by atoms with E-state index >= 15 is 0 Å². The minimum absolute atomic E-state index is 0.105. The molecule has 3 aromatic rings. The molecule has 0 bridgehead atoms. The van der Waals surface area contributed by atoms with Crippen LogP contribution >= 0.6 is 15.9 Å². The molecule has 0 saturated carbocycles. The molecule has 3 N–H and O–H groups in total. The minimum atomic E-state index is -4.86. The predicted octanol–water partition coefficient (Wildman–Crippen LogP) is 5.59. The van der Waals surface area contributed by atoms with Crippen molar-refractivity contribution in [1.82, 2.24) is 0 Å². The van der Waals surface area contributed by atoms with Gasteiger partial charge in [-0.25, -0.2) is 4.39 Å². The monoisotopic (exact) mass is 426 g/mol. The van der Waals surface area contributed by atoms with E-state index in [1.807, 2.05) is 12.1 Å². The van der Waals surface area contributed by atoms with Crippen molar-refractivity contribution in [2.45, 2.75) is 6.18 Å². The number of fused-ring (bicyclic) bond motifs is 1. The second-order valence-corrected chi connectivity index (χ2v) is 6.49. The highest BCUT2D eigenvalue weighted by molar-refractivity contribution is 9.10. The van der Waals surface area contributed by atoms with Crippen LogP contribution in [-0.4, -0.2) is 5.91 Å². The quantitative estimate of drug-likeness (QED) is 0.414. The first kappa shape index (κ1) is 18.2. The summed E-state index contributed by atoms with van der Waals surface area (Å²) in [6.45, 7) is 0. The first-order valence-corrected chi connectivity index (χ1v) is 8.11. The van der Waals surface area contributed by atoms with Gasteiger partial charge in [0.1, 0.15) is 5.82 Å². The minimum Gasteiger partial charge on any atom is -0.398 e. The summed E-state index contributed by atoms with van der Waals surface area (Å²) < 4.78 is 52.5. The first-order chi connectivity index (χ1) is 12.1. The van der Waals surface area contributed by atoms with E-state index in [0.29, 0.717) is 12.1 Å². The van der Waals surface area contributed by atoms with Crippen LogP contribution in [0, 0.1) is 5.82 Å². The Morgan fingerprint density at radius 1 is 1.00 bits per heavy atom. The molecule has 134 valence electrons. The molecule has 0 spiro atoms. The van der Waals surface area contributed by atoms with Crippen LogP contribution in [0.4, 0.5) is 28.9 Å². The van der Waals surface area contributed by atoms with Crippen LogP contribution in [0.25, 0.3) is 10.8 Å². The van der Waals surface area contributed by atoms with Crippen LogP contribution in [0.2, 0.25) is 0 Å². The van der Waals surface area contributed by atoms with E-state index < -0.39 is 23.5 Å². The Morgan fingerprint density at radius 2 is 1.73 bits per heavy atom. The molecular weight excluding hydrogens is 416 g/mol. The molecule has 26 heavy (non-hydrogen) atoms. The predicted molar refractivity (Wildman–Crippen MR) is 95.4 cm³/mol. The number of hydrogen-bond acceptors (Lipinski definition) is 2. The fourth-order valence-corrected chi connectivity index (χ4v) is 2.88. The molecule has 0 aliphatic heterocycles. The van der Waals surface area contributed by atoms with Crippen LogP contribution < -0.4 is 11.1 Å². The van der Waals surface area contributed by atoms with E-state index in [-0.39, 0.29) is 16.9 Å². The Hall–Kier alpha value is -2.61. The van der Waals surface area contributed by atoms with Crippen molar-refractivity contribution in [2.75, 3.05) is 11.1 Å². The van der Waals surface area contributed by atoms with Crippen LogP contribution in [0.15, 0.2) is 53.0 Å². The normalized spacial score (nSPS) is 11.6. The van der Waals surface area contributed by atoms with Gasteiger partial charge in [-0.1, -0.05) is 22.0 Å². The Morgan fingerprint density at radius 3 is 2.42 bits per heavy atom. The Kier molecular flexibility index (Phi) is 4.62. The Bertz CT molecular complexity index is 1020. The summed E-state index contributed by atoms with van der Waals surface area (Å²) in [4.78, 5) is 12.4. The van der Waals surface area contributed by atoms with Crippen LogP contribution in [0.1, 0.15) is 15.9 Å². The molecule has 0 unspecified atom stereocenters. The van der Waals surface area contributed by atoms with Gasteiger partial charge in [0.25, 0.3) is 5.91 Å². The zero-order chi connectivity index (χ0) is 19.1. The second-order valence-electron chi connectivity index (χ2n) is 5.58. The van der Waals surface area contributed by atoms with E-state index in [4.69, 9.17) is 5.73 Å². The zero-order valence-corrected chi connectivity index (χ0v) is 14.6. The SMILES string of the molecule is Nc1cc2ccc(Br)cc2cc1C(=O)Nc1ccc(F)c(C(F)(F)F)c1. The van der Waals surface area contributed by atoms with Gasteiger partial charge in [0, 0.05) is 15.8 Å². The molecule has 3 nitrogen and oxygen atoms in total. The standard InChI is InChI=1S/C18H11BrF4N2O/c19-11-2-1-9-7-16(24)13(6-10(9)5-11)17(26)25-12-3-4-15(20)14(8-12)18(21,22)23/h1-8H,24H2,(H,25,26). The lowest BCUT2D eigenvalue weighted by molar-refractivity contribution is -0.139. The maximum Gasteiger partial charge on any atom is 0.419 e. The van der Waals surface area contributed by atoms with E-state index in [2.05, 4.69) is 21.2 Å². The van der Waals surface area contributed by atoms with E-state index in [1.165, 1.54) is 0 Å². The third kappa shape index (κ3) is 3.65. The third-order valence-electron chi connectivity index (χ3n) is 3.74. The van der Waals surface area contributed by atoms with Crippen molar-refractivity contribution in [3.8, 4) is 0 Å². The molecular formula is C18H11BrF4N2O. The van der Waals surface area contributed by atoms with E-state index in [1.54, 1.807) is 18.2 Å². The Balaban J connectivity index is 1.96. The average Bonchev–Trinajstić information content (AvgIpc) is 2.55. The number of nitrogens with two attached hydrogens (primary N) is 1. The lowest BCUT2D eigenvalue weighted by Gasteiger charge is -2.12. The number of carbonyl (C=O) groups excluding carboxylic acids is 1. The van der Waals surface area contributed by atoms with Gasteiger partial charge in [-0.05, 0) is 53.2 Å². The number of rotatable bonds is 2. The van der Waals surface area contributed by atoms with Gasteiger partial charge >= 0.3 is 6.18 Å². The highest BCUT2D eigenvalue weighted by atomic mass is 79.9. The van der Waals surface area contributed by atoms with E-state index in [0.717, 1.165) is 21.3 Å². The molecule has 1 amide bonds. The van der Waals surface area contributed by atoms with Crippen molar-refractivity contribution in [2.24, 2.45) is 0 Å². The molecule has 0 fully saturated rings. The number of anilines is 2. The van der Waals surface area contributed by atoms with Crippen molar-refractivity contribution in [1.29, 1.82) is 0 Å².